The zero-order valence-corrected chi connectivity index (χ0v) is 12.9. The molecule has 0 spiro atoms. The Kier molecular flexibility index (Phi) is 4.41. The zero-order valence-electron chi connectivity index (χ0n) is 11.3. The molecular formula is C15H20N2S2. The second kappa shape index (κ2) is 6.25. The summed E-state index contributed by atoms with van der Waals surface area (Å²) in [6.45, 7) is 3.29. The second-order valence-electron chi connectivity index (χ2n) is 5.11. The molecule has 19 heavy (non-hydrogen) atoms. The van der Waals surface area contributed by atoms with Crippen LogP contribution in [0, 0.1) is 0 Å². The van der Waals surface area contributed by atoms with E-state index in [-0.39, 0.29) is 0 Å². The normalized spacial score (nSPS) is 23.8. The first-order valence-electron chi connectivity index (χ1n) is 7.10. The number of rotatable bonds is 4. The minimum absolute atomic E-state index is 0.714. The number of thiazole rings is 1. The minimum Gasteiger partial charge on any atom is -0.314 e. The smallest absolute Gasteiger partial charge is 0.151 e. The first-order chi connectivity index (χ1) is 9.35. The first-order valence-corrected chi connectivity index (χ1v) is 8.80. The highest BCUT2D eigenvalue weighted by Gasteiger charge is 2.23. The molecule has 102 valence electrons. The van der Waals surface area contributed by atoms with Crippen LogP contribution in [0.5, 0.6) is 0 Å². The summed E-state index contributed by atoms with van der Waals surface area (Å²) in [5, 5.41) is 4.33. The molecule has 4 heteroatoms. The van der Waals surface area contributed by atoms with E-state index in [2.05, 4.69) is 36.5 Å². The van der Waals surface area contributed by atoms with Gasteiger partial charge in [0.1, 0.15) is 0 Å². The Balaban J connectivity index is 1.67. The van der Waals surface area contributed by atoms with E-state index in [1.165, 1.54) is 34.7 Å². The quantitative estimate of drug-likeness (QED) is 0.909. The Morgan fingerprint density at radius 1 is 1.37 bits per heavy atom. The number of hydrogen-bond acceptors (Lipinski definition) is 4. The summed E-state index contributed by atoms with van der Waals surface area (Å²) in [4.78, 5) is 4.74. The molecule has 1 fully saturated rings. The predicted octanol–water partition coefficient (Wildman–Crippen LogP) is 4.31. The lowest BCUT2D eigenvalue weighted by atomic mass is 9.95. The van der Waals surface area contributed by atoms with Gasteiger partial charge in [0.15, 0.2) is 4.34 Å². The van der Waals surface area contributed by atoms with Crippen molar-refractivity contribution in [2.45, 2.75) is 48.2 Å². The number of benzene rings is 1. The number of fused-ring (bicyclic) bond motifs is 1. The largest absolute Gasteiger partial charge is 0.314 e. The topological polar surface area (TPSA) is 24.9 Å². The van der Waals surface area contributed by atoms with Crippen LogP contribution in [0.3, 0.4) is 0 Å². The lowest BCUT2D eigenvalue weighted by Gasteiger charge is -2.28. The van der Waals surface area contributed by atoms with E-state index in [0.29, 0.717) is 6.04 Å². The third-order valence-corrected chi connectivity index (χ3v) is 6.08. The van der Waals surface area contributed by atoms with Crippen molar-refractivity contribution in [2.75, 3.05) is 6.54 Å². The van der Waals surface area contributed by atoms with E-state index in [4.69, 9.17) is 4.98 Å². The van der Waals surface area contributed by atoms with Gasteiger partial charge in [-0.1, -0.05) is 37.2 Å². The summed E-state index contributed by atoms with van der Waals surface area (Å²) in [6, 6.07) is 9.15. The van der Waals surface area contributed by atoms with Crippen molar-refractivity contribution >= 4 is 33.3 Å². The van der Waals surface area contributed by atoms with Crippen molar-refractivity contribution in [3.05, 3.63) is 24.3 Å². The molecule has 3 rings (SSSR count). The molecular weight excluding hydrogens is 272 g/mol. The van der Waals surface area contributed by atoms with Crippen molar-refractivity contribution in [2.24, 2.45) is 0 Å². The molecule has 1 aromatic heterocycles. The molecule has 1 aliphatic rings. The van der Waals surface area contributed by atoms with Crippen LogP contribution in [0.2, 0.25) is 0 Å². The molecule has 2 aromatic rings. The van der Waals surface area contributed by atoms with E-state index in [1.54, 1.807) is 0 Å². The van der Waals surface area contributed by atoms with E-state index in [0.717, 1.165) is 17.3 Å². The molecule has 0 aliphatic heterocycles. The van der Waals surface area contributed by atoms with Crippen LogP contribution in [0.25, 0.3) is 10.2 Å². The van der Waals surface area contributed by atoms with Crippen LogP contribution in [-0.4, -0.2) is 22.8 Å². The van der Waals surface area contributed by atoms with E-state index in [1.807, 2.05) is 23.1 Å². The van der Waals surface area contributed by atoms with Gasteiger partial charge in [-0.3, -0.25) is 0 Å². The van der Waals surface area contributed by atoms with Crippen LogP contribution >= 0.6 is 23.1 Å². The lowest BCUT2D eigenvalue weighted by molar-refractivity contribution is 0.388. The van der Waals surface area contributed by atoms with Gasteiger partial charge in [0.05, 0.1) is 10.2 Å². The third kappa shape index (κ3) is 3.30. The van der Waals surface area contributed by atoms with Crippen molar-refractivity contribution in [1.29, 1.82) is 0 Å². The van der Waals surface area contributed by atoms with Crippen LogP contribution < -0.4 is 5.32 Å². The molecule has 1 saturated carbocycles. The van der Waals surface area contributed by atoms with Gasteiger partial charge in [-0.15, -0.1) is 11.3 Å². The lowest BCUT2D eigenvalue weighted by Crippen LogP contribution is -2.34. The first kappa shape index (κ1) is 13.4. The summed E-state index contributed by atoms with van der Waals surface area (Å²) in [5.74, 6) is 0. The van der Waals surface area contributed by atoms with Crippen molar-refractivity contribution in [1.82, 2.24) is 10.3 Å². The number of para-hydroxylation sites is 1. The fourth-order valence-corrected chi connectivity index (χ4v) is 5.39. The van der Waals surface area contributed by atoms with Crippen LogP contribution in [0.15, 0.2) is 28.6 Å². The molecule has 2 nitrogen and oxygen atoms in total. The van der Waals surface area contributed by atoms with Gasteiger partial charge in [0.2, 0.25) is 0 Å². The molecule has 1 aromatic carbocycles. The second-order valence-corrected chi connectivity index (χ2v) is 7.69. The van der Waals surface area contributed by atoms with Gasteiger partial charge in [-0.05, 0) is 37.9 Å². The molecule has 2 unspecified atom stereocenters. The van der Waals surface area contributed by atoms with Gasteiger partial charge in [0, 0.05) is 11.3 Å². The predicted molar refractivity (Wildman–Crippen MR) is 85.2 cm³/mol. The summed E-state index contributed by atoms with van der Waals surface area (Å²) < 4.78 is 2.55. The van der Waals surface area contributed by atoms with E-state index < -0.39 is 0 Å². The molecule has 0 saturated heterocycles. The SMILES string of the molecule is CCNC1CCCC(Sc2nc3ccccc3s2)C1. The number of hydrogen-bond donors (Lipinski definition) is 1. The Morgan fingerprint density at radius 2 is 2.26 bits per heavy atom. The highest BCUT2D eigenvalue weighted by molar-refractivity contribution is 8.01. The molecule has 1 aliphatic carbocycles. The number of nitrogens with zero attached hydrogens (tertiary/aromatic N) is 1. The van der Waals surface area contributed by atoms with Gasteiger partial charge >= 0.3 is 0 Å². The van der Waals surface area contributed by atoms with Crippen LogP contribution in [0.1, 0.15) is 32.6 Å². The Labute approximate surface area is 123 Å². The maximum Gasteiger partial charge on any atom is 0.151 e. The maximum absolute atomic E-state index is 4.74. The molecule has 1 heterocycles. The average molecular weight is 292 g/mol. The highest BCUT2D eigenvalue weighted by Crippen LogP contribution is 2.37. The summed E-state index contributed by atoms with van der Waals surface area (Å²) in [6.07, 6.45) is 5.31. The Bertz CT molecular complexity index is 503. The van der Waals surface area contributed by atoms with Gasteiger partial charge in [-0.2, -0.15) is 0 Å². The fraction of sp³-hybridized carbons (Fsp3) is 0.533. The number of aromatic nitrogens is 1. The Hall–Kier alpha value is -0.580. The summed E-state index contributed by atoms with van der Waals surface area (Å²) >= 11 is 3.82. The van der Waals surface area contributed by atoms with Crippen LogP contribution in [-0.2, 0) is 0 Å². The summed E-state index contributed by atoms with van der Waals surface area (Å²) in [7, 11) is 0. The molecule has 0 radical (unpaired) electrons. The van der Waals surface area contributed by atoms with E-state index >= 15 is 0 Å². The molecule has 0 bridgehead atoms. The monoisotopic (exact) mass is 292 g/mol. The van der Waals surface area contributed by atoms with Gasteiger partial charge in [-0.25, -0.2) is 4.98 Å². The average Bonchev–Trinajstić information content (AvgIpc) is 2.81. The maximum atomic E-state index is 4.74. The minimum atomic E-state index is 0.714. The van der Waals surface area contributed by atoms with Crippen molar-refractivity contribution in [3.8, 4) is 0 Å². The number of thioether (sulfide) groups is 1. The zero-order chi connectivity index (χ0) is 13.1. The van der Waals surface area contributed by atoms with Gasteiger partial charge < -0.3 is 5.32 Å². The third-order valence-electron chi connectivity index (χ3n) is 3.66. The van der Waals surface area contributed by atoms with Crippen LogP contribution in [0.4, 0.5) is 0 Å². The summed E-state index contributed by atoms with van der Waals surface area (Å²) in [5.41, 5.74) is 1.15. The van der Waals surface area contributed by atoms with Crippen molar-refractivity contribution < 1.29 is 0 Å². The van der Waals surface area contributed by atoms with Crippen molar-refractivity contribution in [3.63, 3.8) is 0 Å². The van der Waals surface area contributed by atoms with Gasteiger partial charge in [0.25, 0.3) is 0 Å². The standard InChI is InChI=1S/C15H20N2S2/c1-2-16-11-6-5-7-12(10-11)18-15-17-13-8-3-4-9-14(13)19-15/h3-4,8-9,11-12,16H,2,5-7,10H2,1H3. The molecule has 2 atom stereocenters. The molecule has 0 amide bonds. The highest BCUT2D eigenvalue weighted by atomic mass is 32.2. The fourth-order valence-electron chi connectivity index (χ4n) is 2.77. The molecule has 1 N–H and O–H groups in total. The number of nitrogens with one attached hydrogen (secondary N) is 1. The Morgan fingerprint density at radius 3 is 3.11 bits per heavy atom. The van der Waals surface area contributed by atoms with E-state index in [9.17, 15) is 0 Å².